The molecule has 0 N–H and O–H groups in total. The van der Waals surface area contributed by atoms with Gasteiger partial charge in [0, 0.05) is 15.2 Å². The molecule has 0 amide bonds. The summed E-state index contributed by atoms with van der Waals surface area (Å²) < 4.78 is 11.4. The minimum absolute atomic E-state index is 0.361. The van der Waals surface area contributed by atoms with E-state index in [4.69, 9.17) is 9.15 Å². The number of methoxy groups -OCH3 is 1. The summed E-state index contributed by atoms with van der Waals surface area (Å²) in [5.41, 5.74) is 2.16. The van der Waals surface area contributed by atoms with Crippen molar-refractivity contribution in [3.8, 4) is 23.1 Å². The highest BCUT2D eigenvalue weighted by Gasteiger charge is 2.14. The zero-order valence-electron chi connectivity index (χ0n) is 15.2. The SMILES string of the molecule is COc1ccc(/C=C(/C#N)c2nc(-c3cc4cc(Br)ccc4oc3=O)cs2)cc1. The topological polar surface area (TPSA) is 76.1 Å². The Morgan fingerprint density at radius 1 is 1.24 bits per heavy atom. The van der Waals surface area contributed by atoms with Crippen LogP contribution in [0.1, 0.15) is 10.6 Å². The fraction of sp³-hybridized carbons (Fsp3) is 0.0455. The molecule has 4 rings (SSSR count). The molecule has 2 heterocycles. The van der Waals surface area contributed by atoms with Crippen LogP contribution in [-0.4, -0.2) is 12.1 Å². The predicted molar refractivity (Wildman–Crippen MR) is 118 cm³/mol. The van der Waals surface area contributed by atoms with Crippen molar-refractivity contribution < 1.29 is 9.15 Å². The minimum Gasteiger partial charge on any atom is -0.497 e. The molecule has 0 bridgehead atoms. The summed E-state index contributed by atoms with van der Waals surface area (Å²) >= 11 is 4.72. The first-order valence-corrected chi connectivity index (χ1v) is 10.2. The number of rotatable bonds is 4. The lowest BCUT2D eigenvalue weighted by Crippen LogP contribution is -2.02. The molecule has 0 saturated heterocycles. The van der Waals surface area contributed by atoms with Crippen LogP contribution < -0.4 is 10.4 Å². The number of fused-ring (bicyclic) bond motifs is 1. The number of hydrogen-bond donors (Lipinski definition) is 0. The van der Waals surface area contributed by atoms with Gasteiger partial charge in [-0.25, -0.2) is 9.78 Å². The van der Waals surface area contributed by atoms with Crippen LogP contribution in [0.3, 0.4) is 0 Å². The molecule has 29 heavy (non-hydrogen) atoms. The number of ether oxygens (including phenoxy) is 1. The molecule has 0 spiro atoms. The molecule has 2 aromatic carbocycles. The van der Waals surface area contributed by atoms with Gasteiger partial charge in [0.2, 0.25) is 0 Å². The molecule has 5 nitrogen and oxygen atoms in total. The maximum absolute atomic E-state index is 12.4. The molecule has 0 aliphatic carbocycles. The maximum atomic E-state index is 12.4. The first kappa shape index (κ1) is 19.1. The van der Waals surface area contributed by atoms with Gasteiger partial charge in [0.15, 0.2) is 0 Å². The Kier molecular flexibility index (Phi) is 5.30. The van der Waals surface area contributed by atoms with Gasteiger partial charge >= 0.3 is 5.63 Å². The number of nitriles is 1. The van der Waals surface area contributed by atoms with Crippen molar-refractivity contribution in [2.75, 3.05) is 7.11 Å². The van der Waals surface area contributed by atoms with E-state index >= 15 is 0 Å². The van der Waals surface area contributed by atoms with Crippen molar-refractivity contribution in [3.63, 3.8) is 0 Å². The van der Waals surface area contributed by atoms with E-state index in [1.165, 1.54) is 11.3 Å². The average Bonchev–Trinajstić information content (AvgIpc) is 3.22. The molecule has 2 aromatic heterocycles. The summed E-state index contributed by atoms with van der Waals surface area (Å²) in [5.74, 6) is 0.742. The van der Waals surface area contributed by atoms with Gasteiger partial charge in [0.1, 0.15) is 22.4 Å². The van der Waals surface area contributed by atoms with Gasteiger partial charge in [-0.05, 0) is 48.0 Å². The van der Waals surface area contributed by atoms with Crippen LogP contribution >= 0.6 is 27.3 Å². The highest BCUT2D eigenvalue weighted by molar-refractivity contribution is 9.10. The van der Waals surface area contributed by atoms with Gasteiger partial charge in [-0.3, -0.25) is 0 Å². The molecule has 7 heteroatoms. The standard InChI is InChI=1S/C22H13BrN2O3S/c1-27-17-5-2-13(3-6-17)8-15(11-24)21-25-19(12-29-21)18-10-14-9-16(23)4-7-20(14)28-22(18)26/h2-10,12H,1H3/b15-8-. The fourth-order valence-electron chi connectivity index (χ4n) is 2.80. The van der Waals surface area contributed by atoms with Crippen LogP contribution in [0.2, 0.25) is 0 Å². The van der Waals surface area contributed by atoms with Crippen LogP contribution in [0, 0.1) is 11.3 Å². The molecule has 0 atom stereocenters. The van der Waals surface area contributed by atoms with Gasteiger partial charge in [0.25, 0.3) is 0 Å². The Morgan fingerprint density at radius 3 is 2.76 bits per heavy atom. The van der Waals surface area contributed by atoms with E-state index in [2.05, 4.69) is 27.0 Å². The van der Waals surface area contributed by atoms with Crippen LogP contribution in [0.5, 0.6) is 5.75 Å². The molecule has 0 fully saturated rings. The van der Waals surface area contributed by atoms with Crippen molar-refractivity contribution in [2.45, 2.75) is 0 Å². The Balaban J connectivity index is 1.72. The first-order chi connectivity index (χ1) is 14.1. The van der Waals surface area contributed by atoms with Crippen molar-refractivity contribution in [2.24, 2.45) is 0 Å². The summed E-state index contributed by atoms with van der Waals surface area (Å²) in [6.07, 6.45) is 1.75. The highest BCUT2D eigenvalue weighted by Crippen LogP contribution is 2.28. The number of allylic oxidation sites excluding steroid dienone is 1. The lowest BCUT2D eigenvalue weighted by Gasteiger charge is -2.01. The Labute approximate surface area is 178 Å². The van der Waals surface area contributed by atoms with Gasteiger partial charge in [0.05, 0.1) is 23.9 Å². The van der Waals surface area contributed by atoms with Crippen molar-refractivity contribution >= 4 is 49.9 Å². The van der Waals surface area contributed by atoms with E-state index < -0.39 is 5.63 Å². The number of benzene rings is 2. The van der Waals surface area contributed by atoms with Gasteiger partial charge in [-0.15, -0.1) is 11.3 Å². The minimum atomic E-state index is -0.464. The molecule has 0 radical (unpaired) electrons. The molecule has 0 unspecified atom stereocenters. The van der Waals surface area contributed by atoms with Gasteiger partial charge < -0.3 is 9.15 Å². The quantitative estimate of drug-likeness (QED) is 0.283. The van der Waals surface area contributed by atoms with Gasteiger partial charge in [-0.1, -0.05) is 28.1 Å². The third-order valence-electron chi connectivity index (χ3n) is 4.25. The molecule has 0 aliphatic rings. The lowest BCUT2D eigenvalue weighted by atomic mass is 10.1. The Hall–Kier alpha value is -3.21. The zero-order valence-corrected chi connectivity index (χ0v) is 17.6. The molecule has 142 valence electrons. The third-order valence-corrected chi connectivity index (χ3v) is 5.62. The van der Waals surface area contributed by atoms with Crippen LogP contribution in [0.15, 0.2) is 67.6 Å². The number of hydrogen-bond acceptors (Lipinski definition) is 6. The molecular formula is C22H13BrN2O3S. The summed E-state index contributed by atoms with van der Waals surface area (Å²) in [7, 11) is 1.60. The first-order valence-electron chi connectivity index (χ1n) is 8.53. The fourth-order valence-corrected chi connectivity index (χ4v) is 3.97. The third kappa shape index (κ3) is 3.99. The van der Waals surface area contributed by atoms with Crippen molar-refractivity contribution in [1.82, 2.24) is 4.98 Å². The van der Waals surface area contributed by atoms with Crippen LogP contribution in [-0.2, 0) is 0 Å². The monoisotopic (exact) mass is 464 g/mol. The number of nitrogens with zero attached hydrogens (tertiary/aromatic N) is 2. The lowest BCUT2D eigenvalue weighted by molar-refractivity contribution is 0.415. The molecular weight excluding hydrogens is 452 g/mol. The summed E-state index contributed by atoms with van der Waals surface area (Å²) in [6, 6.07) is 16.7. The Bertz CT molecular complexity index is 1330. The number of halogens is 1. The van der Waals surface area contributed by atoms with Gasteiger partial charge in [-0.2, -0.15) is 5.26 Å². The molecule has 0 saturated carbocycles. The summed E-state index contributed by atoms with van der Waals surface area (Å²) in [4.78, 5) is 16.9. The van der Waals surface area contributed by atoms with E-state index in [1.54, 1.807) is 30.7 Å². The van der Waals surface area contributed by atoms with Crippen LogP contribution in [0.4, 0.5) is 0 Å². The summed E-state index contributed by atoms with van der Waals surface area (Å²) in [5, 5.41) is 12.7. The number of thiazole rings is 1. The van der Waals surface area contributed by atoms with Crippen LogP contribution in [0.25, 0.3) is 33.9 Å². The predicted octanol–water partition coefficient (Wildman–Crippen LogP) is 5.75. The highest BCUT2D eigenvalue weighted by atomic mass is 79.9. The number of aromatic nitrogens is 1. The normalized spacial score (nSPS) is 11.4. The second kappa shape index (κ2) is 8.03. The second-order valence-electron chi connectivity index (χ2n) is 6.11. The van der Waals surface area contributed by atoms with Crippen molar-refractivity contribution in [3.05, 3.63) is 79.4 Å². The second-order valence-corrected chi connectivity index (χ2v) is 7.88. The zero-order chi connectivity index (χ0) is 20.4. The molecule has 0 aliphatic heterocycles. The van der Waals surface area contributed by atoms with E-state index in [0.29, 0.717) is 27.4 Å². The van der Waals surface area contributed by atoms with E-state index in [-0.39, 0.29) is 0 Å². The largest absolute Gasteiger partial charge is 0.497 e. The Morgan fingerprint density at radius 2 is 2.03 bits per heavy atom. The average molecular weight is 465 g/mol. The summed E-state index contributed by atoms with van der Waals surface area (Å²) in [6.45, 7) is 0. The van der Waals surface area contributed by atoms with E-state index in [9.17, 15) is 10.1 Å². The van der Waals surface area contributed by atoms with E-state index in [0.717, 1.165) is 21.2 Å². The van der Waals surface area contributed by atoms with Crippen molar-refractivity contribution in [1.29, 1.82) is 5.26 Å². The molecule has 4 aromatic rings. The maximum Gasteiger partial charge on any atom is 0.345 e. The van der Waals surface area contributed by atoms with E-state index in [1.807, 2.05) is 36.4 Å². The smallest absolute Gasteiger partial charge is 0.345 e.